The van der Waals surface area contributed by atoms with Gasteiger partial charge in [0.05, 0.1) is 18.0 Å². The average Bonchev–Trinajstić information content (AvgIpc) is 2.99. The number of hydrogen-bond donors (Lipinski definition) is 0. The van der Waals surface area contributed by atoms with Gasteiger partial charge in [-0.05, 0) is 37.1 Å². The first-order valence-electron chi connectivity index (χ1n) is 9.49. The molecule has 1 unspecified atom stereocenters. The molecule has 0 spiro atoms. The van der Waals surface area contributed by atoms with Crippen molar-refractivity contribution in [3.05, 3.63) is 36.2 Å². The Bertz CT molecular complexity index is 748. The summed E-state index contributed by atoms with van der Waals surface area (Å²) >= 11 is 0. The van der Waals surface area contributed by atoms with Crippen molar-refractivity contribution in [2.75, 3.05) is 18.5 Å². The molecule has 1 aromatic heterocycles. The van der Waals surface area contributed by atoms with Crippen molar-refractivity contribution in [2.45, 2.75) is 59.2 Å². The maximum absolute atomic E-state index is 15.9. The summed E-state index contributed by atoms with van der Waals surface area (Å²) in [5.74, 6) is -0.482. The van der Waals surface area contributed by atoms with Gasteiger partial charge in [-0.15, -0.1) is 0 Å². The highest BCUT2D eigenvalue weighted by Gasteiger charge is 2.58. The van der Waals surface area contributed by atoms with Gasteiger partial charge in [0.25, 0.3) is 11.6 Å². The third-order valence-corrected chi connectivity index (χ3v) is 5.69. The fraction of sp³-hybridized carbons (Fsp3) is 0.571. The van der Waals surface area contributed by atoms with Gasteiger partial charge in [-0.1, -0.05) is 27.7 Å². The van der Waals surface area contributed by atoms with Crippen molar-refractivity contribution in [2.24, 2.45) is 7.05 Å². The van der Waals surface area contributed by atoms with Crippen LogP contribution in [-0.2, 0) is 18.3 Å². The standard InChI is InChI=1S/C17H21FN3.2C2H6/c1-16-7-8-19(3)12-5-6-13(14(16)11-12)15-20(4)9-10-21(15)17(16,2)18;2*1-2/h5-6,9-11H,7-8H2,1-4H3;2*1-2H3/q+1;;/t16?,17-;;/m1../s1. The maximum atomic E-state index is 15.9. The van der Waals surface area contributed by atoms with E-state index in [1.54, 1.807) is 11.5 Å². The largest absolute Gasteiger partial charge is 0.375 e. The van der Waals surface area contributed by atoms with Crippen LogP contribution in [0.5, 0.6) is 0 Å². The molecule has 0 aliphatic carbocycles. The first-order chi connectivity index (χ1) is 11.9. The fourth-order valence-corrected chi connectivity index (χ4v) is 3.95. The molecule has 4 heteroatoms. The van der Waals surface area contributed by atoms with Crippen molar-refractivity contribution in [3.8, 4) is 11.4 Å². The lowest BCUT2D eigenvalue weighted by Gasteiger charge is -2.42. The minimum absolute atomic E-state index is 0.512. The lowest BCUT2D eigenvalue weighted by Crippen LogP contribution is -2.51. The number of benzene rings is 1. The molecular weight excluding hydrogens is 313 g/mol. The van der Waals surface area contributed by atoms with Gasteiger partial charge in [0.15, 0.2) is 0 Å². The summed E-state index contributed by atoms with van der Waals surface area (Å²) in [4.78, 5) is 2.22. The molecule has 2 aliphatic heterocycles. The predicted molar refractivity (Wildman–Crippen MR) is 104 cm³/mol. The molecule has 0 saturated heterocycles. The average molecular weight is 347 g/mol. The van der Waals surface area contributed by atoms with Crippen molar-refractivity contribution in [1.82, 2.24) is 4.57 Å². The summed E-state index contributed by atoms with van der Waals surface area (Å²) in [6, 6.07) is 6.46. The van der Waals surface area contributed by atoms with Crippen LogP contribution in [-0.4, -0.2) is 18.2 Å². The fourth-order valence-electron chi connectivity index (χ4n) is 3.95. The Morgan fingerprint density at radius 3 is 2.40 bits per heavy atom. The van der Waals surface area contributed by atoms with Gasteiger partial charge in [-0.25, -0.2) is 4.57 Å². The van der Waals surface area contributed by atoms with Crippen LogP contribution in [0.25, 0.3) is 11.4 Å². The Hall–Kier alpha value is -1.84. The molecule has 0 amide bonds. The Morgan fingerprint density at radius 2 is 1.76 bits per heavy atom. The van der Waals surface area contributed by atoms with Crippen LogP contribution in [0.4, 0.5) is 10.1 Å². The van der Waals surface area contributed by atoms with E-state index < -0.39 is 11.2 Å². The number of aromatic nitrogens is 2. The van der Waals surface area contributed by atoms with Crippen LogP contribution in [0.15, 0.2) is 30.6 Å². The number of anilines is 1. The zero-order chi connectivity index (χ0) is 19.0. The Morgan fingerprint density at radius 1 is 1.12 bits per heavy atom. The van der Waals surface area contributed by atoms with Crippen LogP contribution >= 0.6 is 0 Å². The van der Waals surface area contributed by atoms with E-state index in [-0.39, 0.29) is 0 Å². The molecule has 0 radical (unpaired) electrons. The van der Waals surface area contributed by atoms with E-state index in [9.17, 15) is 0 Å². The summed E-state index contributed by atoms with van der Waals surface area (Å²) in [5.41, 5.74) is 2.95. The molecule has 25 heavy (non-hydrogen) atoms. The summed E-state index contributed by atoms with van der Waals surface area (Å²) in [5, 5.41) is 0. The second-order valence-corrected chi connectivity index (χ2v) is 6.79. The molecule has 138 valence electrons. The lowest BCUT2D eigenvalue weighted by atomic mass is 9.69. The molecule has 2 aromatic rings. The molecule has 4 rings (SSSR count). The second-order valence-electron chi connectivity index (χ2n) is 6.79. The SMILES string of the molecule is CC.CC.CN1CCC2(C)c3cc1ccc3-c1n(cc[n+]1C)[C@@]2(C)F. The number of nitrogens with zero attached hydrogens (tertiary/aromatic N) is 3. The van der Waals surface area contributed by atoms with Gasteiger partial charge in [0, 0.05) is 26.2 Å². The quantitative estimate of drug-likeness (QED) is 0.625. The van der Waals surface area contributed by atoms with Gasteiger partial charge >= 0.3 is 0 Å². The topological polar surface area (TPSA) is 12.1 Å². The van der Waals surface area contributed by atoms with Gasteiger partial charge in [-0.2, -0.15) is 8.96 Å². The summed E-state index contributed by atoms with van der Waals surface area (Å²) in [6.45, 7) is 12.7. The molecule has 3 heterocycles. The zero-order valence-electron chi connectivity index (χ0n) is 17.0. The smallest absolute Gasteiger partial charge is 0.291 e. The van der Waals surface area contributed by atoms with Gasteiger partial charge in [-0.3, -0.25) is 0 Å². The van der Waals surface area contributed by atoms with E-state index in [1.165, 1.54) is 5.69 Å². The van der Waals surface area contributed by atoms with E-state index in [0.29, 0.717) is 0 Å². The van der Waals surface area contributed by atoms with Gasteiger partial charge in [0.2, 0.25) is 0 Å². The number of halogens is 1. The third-order valence-electron chi connectivity index (χ3n) is 5.69. The van der Waals surface area contributed by atoms with E-state index in [0.717, 1.165) is 29.9 Å². The molecule has 1 aromatic carbocycles. The number of rotatable bonds is 0. The van der Waals surface area contributed by atoms with Crippen LogP contribution in [0.2, 0.25) is 0 Å². The molecule has 2 aliphatic rings. The van der Waals surface area contributed by atoms with Crippen LogP contribution in [0.1, 0.15) is 53.5 Å². The Balaban J connectivity index is 0.000000528. The summed E-state index contributed by atoms with van der Waals surface area (Å²) < 4.78 is 19.7. The molecule has 0 N–H and O–H groups in total. The van der Waals surface area contributed by atoms with Crippen LogP contribution < -0.4 is 9.47 Å². The number of imidazole rings is 1. The summed E-state index contributed by atoms with van der Waals surface area (Å²) in [7, 11) is 4.06. The van der Waals surface area contributed by atoms with Crippen molar-refractivity contribution < 1.29 is 8.96 Å². The Labute approximate surface area is 152 Å². The first kappa shape index (κ1) is 19.5. The van der Waals surface area contributed by atoms with E-state index in [2.05, 4.69) is 37.1 Å². The highest BCUT2D eigenvalue weighted by atomic mass is 19.1. The van der Waals surface area contributed by atoms with Gasteiger partial charge in [0.1, 0.15) is 12.4 Å². The highest BCUT2D eigenvalue weighted by molar-refractivity contribution is 5.70. The lowest BCUT2D eigenvalue weighted by molar-refractivity contribution is -0.660. The Kier molecular flexibility index (Phi) is 5.31. The van der Waals surface area contributed by atoms with Crippen molar-refractivity contribution in [3.63, 3.8) is 0 Å². The number of aryl methyl sites for hydroxylation is 1. The zero-order valence-corrected chi connectivity index (χ0v) is 17.0. The number of hydrogen-bond acceptors (Lipinski definition) is 1. The van der Waals surface area contributed by atoms with E-state index in [4.69, 9.17) is 0 Å². The molecule has 2 atom stereocenters. The van der Waals surface area contributed by atoms with Crippen molar-refractivity contribution >= 4 is 5.69 Å². The van der Waals surface area contributed by atoms with Crippen LogP contribution in [0, 0.1) is 0 Å². The molecule has 0 fully saturated rings. The number of fused-ring (bicyclic) bond motifs is 3. The minimum Gasteiger partial charge on any atom is -0.375 e. The van der Waals surface area contributed by atoms with Crippen molar-refractivity contribution in [1.29, 1.82) is 0 Å². The van der Waals surface area contributed by atoms with E-state index in [1.807, 2.05) is 51.7 Å². The minimum atomic E-state index is -1.43. The molecule has 0 saturated carbocycles. The summed E-state index contributed by atoms with van der Waals surface area (Å²) in [6.07, 6.45) is 4.61. The predicted octanol–water partition coefficient (Wildman–Crippen LogP) is 4.79. The van der Waals surface area contributed by atoms with E-state index >= 15 is 4.39 Å². The molecular formula is C21H33FN3+. The molecule has 3 nitrogen and oxygen atoms in total. The molecule has 2 bridgehead atoms. The normalized spacial score (nSPS) is 25.7. The number of alkyl halides is 1. The third kappa shape index (κ3) is 2.57. The monoisotopic (exact) mass is 346 g/mol. The maximum Gasteiger partial charge on any atom is 0.291 e. The highest BCUT2D eigenvalue weighted by Crippen LogP contribution is 2.53. The van der Waals surface area contributed by atoms with Crippen LogP contribution in [0.3, 0.4) is 0 Å². The van der Waals surface area contributed by atoms with Gasteiger partial charge < -0.3 is 4.90 Å². The first-order valence-corrected chi connectivity index (χ1v) is 9.49. The second kappa shape index (κ2) is 6.81.